The number of ether oxygens (including phenoxy) is 1. The average molecular weight is 552 g/mol. The highest BCUT2D eigenvalue weighted by Crippen LogP contribution is 2.38. The minimum absolute atomic E-state index is 0.173. The quantitative estimate of drug-likeness (QED) is 0.300. The first-order valence-electron chi connectivity index (χ1n) is 12.2. The predicted octanol–water partition coefficient (Wildman–Crippen LogP) is 5.59. The Morgan fingerprint density at radius 3 is 2.72 bits per heavy atom. The Bertz CT molecular complexity index is 1340. The van der Waals surface area contributed by atoms with Crippen LogP contribution < -0.4 is 5.32 Å². The Hall–Kier alpha value is -3.27. The number of imidazole rings is 1. The highest BCUT2D eigenvalue weighted by molar-refractivity contribution is 9.10. The molecule has 2 heterocycles. The Labute approximate surface area is 218 Å². The van der Waals surface area contributed by atoms with E-state index in [2.05, 4.69) is 46.7 Å². The van der Waals surface area contributed by atoms with Gasteiger partial charge in [-0.2, -0.15) is 0 Å². The van der Waals surface area contributed by atoms with Gasteiger partial charge in [0.1, 0.15) is 11.6 Å². The van der Waals surface area contributed by atoms with Crippen molar-refractivity contribution in [1.29, 1.82) is 0 Å². The molecule has 3 unspecified atom stereocenters. The Morgan fingerprint density at radius 2 is 1.94 bits per heavy atom. The van der Waals surface area contributed by atoms with Crippen LogP contribution in [-0.4, -0.2) is 41.7 Å². The number of nitrogens with one attached hydrogen (secondary N) is 2. The summed E-state index contributed by atoms with van der Waals surface area (Å²) in [4.78, 5) is 20.6. The van der Waals surface area contributed by atoms with E-state index in [1.165, 1.54) is 0 Å². The molecule has 1 saturated carbocycles. The normalized spacial score (nSPS) is 19.2. The second-order valence-electron chi connectivity index (χ2n) is 10.2. The van der Waals surface area contributed by atoms with Gasteiger partial charge in [-0.3, -0.25) is 4.79 Å². The van der Waals surface area contributed by atoms with Crippen molar-refractivity contribution in [2.45, 2.75) is 64.1 Å². The molecule has 1 aliphatic rings. The highest BCUT2D eigenvalue weighted by Gasteiger charge is 2.38. The van der Waals surface area contributed by atoms with Gasteiger partial charge in [-0.15, -0.1) is 5.10 Å². The number of hydrogen-bond donors (Lipinski definition) is 2. The number of halogens is 1. The van der Waals surface area contributed by atoms with Crippen LogP contribution in [0.2, 0.25) is 0 Å². The molecular formula is C26H30BrN7O2. The lowest BCUT2D eigenvalue weighted by molar-refractivity contribution is -0.163. The molecule has 188 valence electrons. The molecule has 1 fully saturated rings. The summed E-state index contributed by atoms with van der Waals surface area (Å²) in [5, 5.41) is 16.5. The first-order chi connectivity index (χ1) is 17.3. The van der Waals surface area contributed by atoms with Crippen LogP contribution in [0, 0.1) is 5.92 Å². The molecule has 5 rings (SSSR count). The molecule has 36 heavy (non-hydrogen) atoms. The van der Waals surface area contributed by atoms with E-state index in [9.17, 15) is 4.79 Å². The van der Waals surface area contributed by atoms with Crippen molar-refractivity contribution in [3.05, 3.63) is 64.7 Å². The van der Waals surface area contributed by atoms with Crippen molar-refractivity contribution in [2.75, 3.05) is 5.32 Å². The summed E-state index contributed by atoms with van der Waals surface area (Å²) < 4.78 is 8.60. The molecule has 2 aromatic heterocycles. The van der Waals surface area contributed by atoms with Crippen molar-refractivity contribution in [3.63, 3.8) is 0 Å². The van der Waals surface area contributed by atoms with Gasteiger partial charge in [-0.25, -0.2) is 9.67 Å². The fourth-order valence-corrected chi connectivity index (χ4v) is 5.09. The van der Waals surface area contributed by atoms with Gasteiger partial charge >= 0.3 is 5.97 Å². The molecule has 3 atom stereocenters. The summed E-state index contributed by atoms with van der Waals surface area (Å²) in [5.41, 5.74) is 3.19. The number of fused-ring (bicyclic) bond motifs is 1. The number of aromatic nitrogens is 6. The Kier molecular flexibility index (Phi) is 6.79. The summed E-state index contributed by atoms with van der Waals surface area (Å²) in [7, 11) is 0. The number of anilines is 1. The molecule has 10 heteroatoms. The first-order valence-corrected chi connectivity index (χ1v) is 13.0. The zero-order chi connectivity index (χ0) is 25.3. The summed E-state index contributed by atoms with van der Waals surface area (Å²) in [5.74, 6) is 0.168. The lowest BCUT2D eigenvalue weighted by Crippen LogP contribution is -2.36. The number of nitrogens with zero attached hydrogens (tertiary/aromatic N) is 5. The van der Waals surface area contributed by atoms with Crippen molar-refractivity contribution < 1.29 is 9.53 Å². The molecule has 2 N–H and O–H groups in total. The summed E-state index contributed by atoms with van der Waals surface area (Å²) in [6.45, 7) is 5.69. The summed E-state index contributed by atoms with van der Waals surface area (Å²) >= 11 is 3.53. The van der Waals surface area contributed by atoms with Gasteiger partial charge in [-0.1, -0.05) is 40.9 Å². The van der Waals surface area contributed by atoms with E-state index >= 15 is 0 Å². The molecule has 0 radical (unpaired) electrons. The van der Waals surface area contributed by atoms with Gasteiger partial charge in [0, 0.05) is 10.2 Å². The maximum absolute atomic E-state index is 13.2. The molecule has 4 aromatic rings. The number of carbonyl (C=O) groups is 1. The lowest BCUT2D eigenvalue weighted by atomic mass is 9.84. The van der Waals surface area contributed by atoms with Crippen LogP contribution >= 0.6 is 15.9 Å². The maximum atomic E-state index is 13.2. The number of H-pyrrole nitrogens is 1. The van der Waals surface area contributed by atoms with Gasteiger partial charge in [0.25, 0.3) is 0 Å². The average Bonchev–Trinajstić information content (AvgIpc) is 3.51. The minimum atomic E-state index is -0.546. The number of esters is 1. The number of hydrogen-bond acceptors (Lipinski definition) is 7. The number of benzene rings is 2. The predicted molar refractivity (Wildman–Crippen MR) is 140 cm³/mol. The maximum Gasteiger partial charge on any atom is 0.311 e. The van der Waals surface area contributed by atoms with Gasteiger partial charge in [0.05, 0.1) is 29.3 Å². The van der Waals surface area contributed by atoms with E-state index in [0.717, 1.165) is 52.4 Å². The van der Waals surface area contributed by atoms with Crippen LogP contribution in [0.5, 0.6) is 0 Å². The molecule has 0 bridgehead atoms. The largest absolute Gasteiger partial charge is 0.460 e. The highest BCUT2D eigenvalue weighted by atomic mass is 79.9. The molecule has 0 saturated heterocycles. The third-order valence-electron chi connectivity index (χ3n) is 6.46. The second-order valence-corrected chi connectivity index (χ2v) is 11.2. The second kappa shape index (κ2) is 10.0. The van der Waals surface area contributed by atoms with Crippen LogP contribution in [0.4, 0.5) is 5.69 Å². The van der Waals surface area contributed by atoms with E-state index in [4.69, 9.17) is 4.74 Å². The fraction of sp³-hybridized carbons (Fsp3) is 0.423. The van der Waals surface area contributed by atoms with Crippen LogP contribution in [-0.2, 0) is 9.53 Å². The number of rotatable bonds is 6. The fourth-order valence-electron chi connectivity index (χ4n) is 4.83. The van der Waals surface area contributed by atoms with Crippen LogP contribution in [0.3, 0.4) is 0 Å². The zero-order valence-corrected chi connectivity index (χ0v) is 22.2. The zero-order valence-electron chi connectivity index (χ0n) is 20.6. The van der Waals surface area contributed by atoms with E-state index in [1.807, 2.05) is 67.9 Å². The first kappa shape index (κ1) is 24.4. The van der Waals surface area contributed by atoms with Crippen molar-refractivity contribution in [1.82, 2.24) is 30.2 Å². The molecule has 1 aliphatic carbocycles. The smallest absolute Gasteiger partial charge is 0.311 e. The summed E-state index contributed by atoms with van der Waals surface area (Å²) in [6, 6.07) is 13.6. The number of aromatic amines is 1. The molecule has 9 nitrogen and oxygen atoms in total. The van der Waals surface area contributed by atoms with Gasteiger partial charge in [0.15, 0.2) is 5.82 Å². The van der Waals surface area contributed by atoms with E-state index in [0.29, 0.717) is 5.82 Å². The molecule has 0 spiro atoms. The van der Waals surface area contributed by atoms with Gasteiger partial charge in [0.2, 0.25) is 0 Å². The van der Waals surface area contributed by atoms with E-state index < -0.39 is 5.60 Å². The molecular weight excluding hydrogens is 522 g/mol. The van der Waals surface area contributed by atoms with Gasteiger partial charge in [-0.05, 0) is 79.9 Å². The third-order valence-corrected chi connectivity index (χ3v) is 6.99. The van der Waals surface area contributed by atoms with Crippen molar-refractivity contribution in [3.8, 4) is 0 Å². The van der Waals surface area contributed by atoms with Crippen molar-refractivity contribution in [2.24, 2.45) is 5.92 Å². The minimum Gasteiger partial charge on any atom is -0.460 e. The topological polar surface area (TPSA) is 111 Å². The molecule has 0 amide bonds. The number of carbonyl (C=O) groups excluding carboxylic acids is 1. The Balaban J connectivity index is 1.52. The molecule has 2 aromatic carbocycles. The monoisotopic (exact) mass is 551 g/mol. The van der Waals surface area contributed by atoms with Crippen LogP contribution in [0.25, 0.3) is 11.0 Å². The van der Waals surface area contributed by atoms with Crippen LogP contribution in [0.1, 0.15) is 69.9 Å². The SMILES string of the molecule is CC(C)(C)OC(=O)C1CCCCC1n1nnnc1C(Nc1ccc2nc[nH]c2c1)c1ccc(Br)cc1. The number of tetrazole rings is 1. The van der Waals surface area contributed by atoms with Crippen LogP contribution in [0.15, 0.2) is 53.3 Å². The standard InChI is InChI=1S/C26H30BrN7O2/c1-26(2,3)36-25(35)19-6-4-5-7-22(19)34-24(31-32-33-34)23(16-8-10-17(27)11-9-16)30-18-12-13-20-21(14-18)29-15-28-20/h8-15,19,22-23,30H,4-7H2,1-3H3,(H,28,29). The van der Waals surface area contributed by atoms with Crippen molar-refractivity contribution >= 4 is 38.6 Å². The lowest BCUT2D eigenvalue weighted by Gasteiger charge is -2.33. The molecule has 0 aliphatic heterocycles. The van der Waals surface area contributed by atoms with E-state index in [1.54, 1.807) is 6.33 Å². The third kappa shape index (κ3) is 5.28. The Morgan fingerprint density at radius 1 is 1.17 bits per heavy atom. The summed E-state index contributed by atoms with van der Waals surface area (Å²) in [6.07, 6.45) is 5.24. The van der Waals surface area contributed by atoms with Gasteiger partial charge < -0.3 is 15.0 Å². The van der Waals surface area contributed by atoms with E-state index in [-0.39, 0.29) is 24.0 Å².